The number of likely N-dealkylation sites (N-methyl/N-ethyl adjacent to an activating group) is 1. The monoisotopic (exact) mass is 711 g/mol. The molecule has 238 valence electrons. The maximum atomic E-state index is 12.7. The lowest BCUT2D eigenvalue weighted by Gasteiger charge is -2.28. The molecular weight excluding hydrogens is 656 g/mol. The summed E-state index contributed by atoms with van der Waals surface area (Å²) < 4.78 is 35.0. The first kappa shape index (κ1) is 38.5. The second kappa shape index (κ2) is 22.9. The smallest absolute Gasteiger partial charge is 0.338 e. The van der Waals surface area contributed by atoms with Gasteiger partial charge in [-0.1, -0.05) is 96.5 Å². The van der Waals surface area contributed by atoms with Gasteiger partial charge in [0.05, 0.1) is 39.9 Å². The molecule has 8 nitrogen and oxygen atoms in total. The molecule has 41 heavy (non-hydrogen) atoms. The van der Waals surface area contributed by atoms with Gasteiger partial charge in [0, 0.05) is 10.2 Å². The van der Waals surface area contributed by atoms with E-state index in [0.717, 1.165) is 16.4 Å². The standard InChI is InChI=1S/C31H55INO7P/c1-5-6-7-8-9-10-11-12-13-14-15-16-17-18-23-37-26-30(40-31(34)28-20-19-21-29(32)25-28)27-39-41(35,36)38-24-22-33(2,3)4/h19-21,25,30H,5-18,22-24,26-27H2,1-4H3. The third kappa shape index (κ3) is 22.6. The number of ether oxygens (including phenoxy) is 2. The van der Waals surface area contributed by atoms with Gasteiger partial charge in [0.25, 0.3) is 7.82 Å². The third-order valence-corrected chi connectivity index (χ3v) is 8.35. The number of unbranched alkanes of at least 4 members (excludes halogenated alkanes) is 13. The summed E-state index contributed by atoms with van der Waals surface area (Å²) in [6.45, 7) is 2.97. The minimum atomic E-state index is -4.54. The number of carbonyl (C=O) groups excluding carboxylic acids is 1. The first-order chi connectivity index (χ1) is 19.5. The Labute approximate surface area is 263 Å². The molecule has 1 aromatic rings. The fourth-order valence-electron chi connectivity index (χ4n) is 4.20. The minimum absolute atomic E-state index is 0.00676. The molecule has 0 radical (unpaired) electrons. The van der Waals surface area contributed by atoms with Gasteiger partial charge in [-0.05, 0) is 47.2 Å². The Morgan fingerprint density at radius 2 is 1.41 bits per heavy atom. The zero-order valence-electron chi connectivity index (χ0n) is 26.0. The van der Waals surface area contributed by atoms with Gasteiger partial charge in [-0.25, -0.2) is 4.79 Å². The van der Waals surface area contributed by atoms with E-state index in [1.807, 2.05) is 27.2 Å². The predicted molar refractivity (Wildman–Crippen MR) is 172 cm³/mol. The highest BCUT2D eigenvalue weighted by molar-refractivity contribution is 14.1. The van der Waals surface area contributed by atoms with Crippen LogP contribution in [-0.4, -0.2) is 70.7 Å². The summed E-state index contributed by atoms with van der Waals surface area (Å²) in [6, 6.07) is 7.01. The summed E-state index contributed by atoms with van der Waals surface area (Å²) in [7, 11) is 1.28. The van der Waals surface area contributed by atoms with E-state index < -0.39 is 19.9 Å². The molecule has 0 aliphatic heterocycles. The van der Waals surface area contributed by atoms with Crippen LogP contribution < -0.4 is 4.89 Å². The molecule has 0 aliphatic rings. The van der Waals surface area contributed by atoms with Crippen LogP contribution in [0.25, 0.3) is 0 Å². The van der Waals surface area contributed by atoms with E-state index in [1.54, 1.807) is 18.2 Å². The molecule has 0 saturated carbocycles. The second-order valence-electron chi connectivity index (χ2n) is 11.8. The normalized spacial score (nSPS) is 14.1. The van der Waals surface area contributed by atoms with Crippen LogP contribution in [0.3, 0.4) is 0 Å². The number of rotatable bonds is 26. The molecule has 2 unspecified atom stereocenters. The molecule has 0 aliphatic carbocycles. The van der Waals surface area contributed by atoms with E-state index in [0.29, 0.717) is 23.2 Å². The first-order valence-electron chi connectivity index (χ1n) is 15.5. The molecule has 10 heteroatoms. The quantitative estimate of drug-likeness (QED) is 0.0323. The lowest BCUT2D eigenvalue weighted by molar-refractivity contribution is -0.870. The zero-order chi connectivity index (χ0) is 30.4. The number of halogens is 1. The number of phosphoric acid groups is 1. The highest BCUT2D eigenvalue weighted by Gasteiger charge is 2.21. The fraction of sp³-hybridized carbons (Fsp3) is 0.774. The maximum absolute atomic E-state index is 12.7. The largest absolute Gasteiger partial charge is 0.756 e. The van der Waals surface area contributed by atoms with E-state index >= 15 is 0 Å². The van der Waals surface area contributed by atoms with Gasteiger partial charge < -0.3 is 27.9 Å². The summed E-state index contributed by atoms with van der Waals surface area (Å²) in [5.41, 5.74) is 0.387. The number of phosphoric ester groups is 1. The van der Waals surface area contributed by atoms with Crippen molar-refractivity contribution < 1.29 is 37.3 Å². The van der Waals surface area contributed by atoms with Crippen molar-refractivity contribution in [3.63, 3.8) is 0 Å². The zero-order valence-corrected chi connectivity index (χ0v) is 29.0. The van der Waals surface area contributed by atoms with Crippen LogP contribution in [-0.2, 0) is 23.1 Å². The molecule has 0 aromatic heterocycles. The summed E-state index contributed by atoms with van der Waals surface area (Å²) in [5, 5.41) is 0. The number of quaternary nitrogens is 1. The number of carbonyl (C=O) groups is 1. The molecule has 0 amide bonds. The lowest BCUT2D eigenvalue weighted by atomic mass is 10.0. The van der Waals surface area contributed by atoms with Gasteiger partial charge in [-0.15, -0.1) is 0 Å². The van der Waals surface area contributed by atoms with Crippen molar-refractivity contribution in [3.8, 4) is 0 Å². The highest BCUT2D eigenvalue weighted by Crippen LogP contribution is 2.38. The van der Waals surface area contributed by atoms with E-state index in [1.165, 1.54) is 77.0 Å². The predicted octanol–water partition coefficient (Wildman–Crippen LogP) is 7.52. The van der Waals surface area contributed by atoms with Crippen LogP contribution in [0, 0.1) is 3.57 Å². The van der Waals surface area contributed by atoms with Gasteiger partial charge in [-0.3, -0.25) is 4.57 Å². The lowest BCUT2D eigenvalue weighted by Crippen LogP contribution is -2.37. The topological polar surface area (TPSA) is 94.1 Å². The molecule has 0 fully saturated rings. The number of nitrogens with zero attached hydrogens (tertiary/aromatic N) is 1. The Bertz CT molecular complexity index is 865. The van der Waals surface area contributed by atoms with Gasteiger partial charge >= 0.3 is 5.97 Å². The SMILES string of the molecule is CCCCCCCCCCCCCCCCOCC(COP(=O)([O-])OCC[N+](C)(C)C)OC(=O)c1cccc(I)c1. The van der Waals surface area contributed by atoms with Crippen molar-refractivity contribution in [2.24, 2.45) is 0 Å². The Hall–Kier alpha value is -0.550. The number of hydrogen-bond donors (Lipinski definition) is 0. The molecule has 0 saturated heterocycles. The van der Waals surface area contributed by atoms with Crippen LogP contribution in [0.15, 0.2) is 24.3 Å². The van der Waals surface area contributed by atoms with Crippen molar-refractivity contribution in [1.29, 1.82) is 0 Å². The Morgan fingerprint density at radius 1 is 0.854 bits per heavy atom. The minimum Gasteiger partial charge on any atom is -0.756 e. The van der Waals surface area contributed by atoms with Gasteiger partial charge in [0.15, 0.2) is 0 Å². The Morgan fingerprint density at radius 3 is 1.95 bits per heavy atom. The van der Waals surface area contributed by atoms with Gasteiger partial charge in [0.2, 0.25) is 0 Å². The van der Waals surface area contributed by atoms with E-state index in [2.05, 4.69) is 29.5 Å². The molecule has 1 aromatic carbocycles. The maximum Gasteiger partial charge on any atom is 0.338 e. The molecule has 1 rings (SSSR count). The van der Waals surface area contributed by atoms with Crippen molar-refractivity contribution >= 4 is 36.4 Å². The fourth-order valence-corrected chi connectivity index (χ4v) is 5.47. The summed E-state index contributed by atoms with van der Waals surface area (Å²) in [4.78, 5) is 24.9. The summed E-state index contributed by atoms with van der Waals surface area (Å²) >= 11 is 2.12. The van der Waals surface area contributed by atoms with Crippen LogP contribution >= 0.6 is 30.4 Å². The molecule has 0 heterocycles. The number of benzene rings is 1. The molecular formula is C31H55INO7P. The van der Waals surface area contributed by atoms with E-state index in [-0.39, 0.29) is 19.8 Å². The van der Waals surface area contributed by atoms with Crippen molar-refractivity contribution in [2.75, 3.05) is 54.1 Å². The van der Waals surface area contributed by atoms with Gasteiger partial charge in [-0.2, -0.15) is 0 Å². The van der Waals surface area contributed by atoms with Crippen molar-refractivity contribution in [1.82, 2.24) is 0 Å². The summed E-state index contributed by atoms with van der Waals surface area (Å²) in [5.74, 6) is -0.552. The van der Waals surface area contributed by atoms with Crippen molar-refractivity contribution in [3.05, 3.63) is 33.4 Å². The molecule has 0 N–H and O–H groups in total. The molecule has 2 atom stereocenters. The Balaban J connectivity index is 2.31. The van der Waals surface area contributed by atoms with E-state index in [9.17, 15) is 14.3 Å². The number of esters is 1. The number of hydrogen-bond acceptors (Lipinski definition) is 7. The first-order valence-corrected chi connectivity index (χ1v) is 18.0. The van der Waals surface area contributed by atoms with Crippen LogP contribution in [0.2, 0.25) is 0 Å². The molecule has 0 bridgehead atoms. The Kier molecular flexibility index (Phi) is 21.5. The second-order valence-corrected chi connectivity index (χ2v) is 14.5. The van der Waals surface area contributed by atoms with E-state index in [4.69, 9.17) is 18.5 Å². The summed E-state index contributed by atoms with van der Waals surface area (Å²) in [6.07, 6.45) is 17.1. The third-order valence-electron chi connectivity index (χ3n) is 6.71. The van der Waals surface area contributed by atoms with Crippen LogP contribution in [0.5, 0.6) is 0 Å². The van der Waals surface area contributed by atoms with Gasteiger partial charge in [0.1, 0.15) is 19.3 Å². The van der Waals surface area contributed by atoms with Crippen LogP contribution in [0.4, 0.5) is 0 Å². The molecule has 0 spiro atoms. The van der Waals surface area contributed by atoms with Crippen LogP contribution in [0.1, 0.15) is 107 Å². The average molecular weight is 712 g/mol. The highest BCUT2D eigenvalue weighted by atomic mass is 127. The average Bonchev–Trinajstić information content (AvgIpc) is 2.90. The van der Waals surface area contributed by atoms with Crippen molar-refractivity contribution in [2.45, 2.75) is 103 Å².